The van der Waals surface area contributed by atoms with Crippen LogP contribution in [0.5, 0.6) is 0 Å². The SMILES string of the molecule is CCOC(=O)CC(=O)CCN=[N+]=[N-]. The molecule has 72 valence electrons. The van der Waals surface area contributed by atoms with Gasteiger partial charge in [-0.1, -0.05) is 5.11 Å². The van der Waals surface area contributed by atoms with Crippen LogP contribution in [-0.4, -0.2) is 24.9 Å². The molecular formula is C7H11N3O3. The van der Waals surface area contributed by atoms with Crippen molar-refractivity contribution in [2.45, 2.75) is 19.8 Å². The van der Waals surface area contributed by atoms with E-state index in [0.717, 1.165) is 0 Å². The van der Waals surface area contributed by atoms with Crippen LogP contribution in [0, 0.1) is 0 Å². The van der Waals surface area contributed by atoms with Crippen molar-refractivity contribution >= 4 is 11.8 Å². The van der Waals surface area contributed by atoms with Gasteiger partial charge in [0, 0.05) is 17.9 Å². The molecule has 0 saturated heterocycles. The summed E-state index contributed by atoms with van der Waals surface area (Å²) in [4.78, 5) is 24.1. The lowest BCUT2D eigenvalue weighted by Gasteiger charge is -1.99. The Hall–Kier alpha value is -1.55. The van der Waals surface area contributed by atoms with Crippen molar-refractivity contribution in [1.29, 1.82) is 0 Å². The standard InChI is InChI=1S/C7H11N3O3/c1-2-13-7(12)5-6(11)3-4-9-10-8/h2-5H2,1H3. The van der Waals surface area contributed by atoms with Crippen LogP contribution in [0.2, 0.25) is 0 Å². The molecule has 0 atom stereocenters. The number of rotatable bonds is 6. The predicted molar refractivity (Wildman–Crippen MR) is 44.9 cm³/mol. The number of hydrogen-bond acceptors (Lipinski definition) is 4. The van der Waals surface area contributed by atoms with Gasteiger partial charge in [0.05, 0.1) is 6.61 Å². The highest BCUT2D eigenvalue weighted by Gasteiger charge is 2.08. The average molecular weight is 185 g/mol. The lowest BCUT2D eigenvalue weighted by Crippen LogP contribution is -2.11. The van der Waals surface area contributed by atoms with E-state index in [1.165, 1.54) is 0 Å². The molecule has 0 aliphatic carbocycles. The summed E-state index contributed by atoms with van der Waals surface area (Å²) in [6.45, 7) is 2.03. The van der Waals surface area contributed by atoms with Crippen LogP contribution in [0.3, 0.4) is 0 Å². The summed E-state index contributed by atoms with van der Waals surface area (Å²) < 4.78 is 4.56. The van der Waals surface area contributed by atoms with Crippen molar-refractivity contribution < 1.29 is 14.3 Å². The first-order valence-corrected chi connectivity index (χ1v) is 3.89. The van der Waals surface area contributed by atoms with Crippen LogP contribution < -0.4 is 0 Å². The van der Waals surface area contributed by atoms with Crippen LogP contribution in [0.4, 0.5) is 0 Å². The van der Waals surface area contributed by atoms with E-state index in [1.807, 2.05) is 0 Å². The quantitative estimate of drug-likeness (QED) is 0.204. The predicted octanol–water partition coefficient (Wildman–Crippen LogP) is 1.21. The lowest BCUT2D eigenvalue weighted by molar-refractivity contribution is -0.145. The summed E-state index contributed by atoms with van der Waals surface area (Å²) in [5, 5.41) is 3.17. The molecule has 0 amide bonds. The zero-order valence-corrected chi connectivity index (χ0v) is 7.39. The number of ether oxygens (including phenoxy) is 1. The van der Waals surface area contributed by atoms with Crippen molar-refractivity contribution in [2.75, 3.05) is 13.2 Å². The third-order valence-corrected chi connectivity index (χ3v) is 1.20. The van der Waals surface area contributed by atoms with Crippen molar-refractivity contribution in [1.82, 2.24) is 0 Å². The minimum Gasteiger partial charge on any atom is -0.466 e. The number of esters is 1. The molecule has 0 N–H and O–H groups in total. The molecule has 0 aromatic carbocycles. The topological polar surface area (TPSA) is 92.1 Å². The molecule has 0 aromatic rings. The van der Waals surface area contributed by atoms with Gasteiger partial charge in [-0.2, -0.15) is 0 Å². The van der Waals surface area contributed by atoms with Gasteiger partial charge in [0.15, 0.2) is 0 Å². The minimum absolute atomic E-state index is 0.0862. The van der Waals surface area contributed by atoms with E-state index in [-0.39, 0.29) is 31.8 Å². The first kappa shape index (κ1) is 11.4. The van der Waals surface area contributed by atoms with Crippen molar-refractivity contribution in [3.8, 4) is 0 Å². The second kappa shape index (κ2) is 7.12. The smallest absolute Gasteiger partial charge is 0.313 e. The second-order valence-electron chi connectivity index (χ2n) is 2.22. The Morgan fingerprint density at radius 3 is 2.77 bits per heavy atom. The van der Waals surface area contributed by atoms with Gasteiger partial charge < -0.3 is 4.74 Å². The molecule has 0 aliphatic heterocycles. The molecular weight excluding hydrogens is 174 g/mol. The summed E-state index contributed by atoms with van der Waals surface area (Å²) in [5.74, 6) is -0.806. The van der Waals surface area contributed by atoms with Gasteiger partial charge in [-0.05, 0) is 12.5 Å². The Labute approximate surface area is 75.5 Å². The maximum absolute atomic E-state index is 10.9. The molecule has 0 aromatic heterocycles. The van der Waals surface area contributed by atoms with Gasteiger partial charge in [0.2, 0.25) is 0 Å². The van der Waals surface area contributed by atoms with Crippen molar-refractivity contribution in [3.05, 3.63) is 10.4 Å². The minimum atomic E-state index is -0.534. The average Bonchev–Trinajstić information content (AvgIpc) is 2.05. The lowest BCUT2D eigenvalue weighted by atomic mass is 10.2. The Bertz CT molecular complexity index is 233. The maximum atomic E-state index is 10.9. The molecule has 0 unspecified atom stereocenters. The van der Waals surface area contributed by atoms with Crippen LogP contribution >= 0.6 is 0 Å². The fourth-order valence-electron chi connectivity index (χ4n) is 0.681. The van der Waals surface area contributed by atoms with Gasteiger partial charge >= 0.3 is 5.97 Å². The van der Waals surface area contributed by atoms with Gasteiger partial charge in [-0.25, -0.2) is 0 Å². The van der Waals surface area contributed by atoms with Crippen LogP contribution in [0.15, 0.2) is 5.11 Å². The summed E-state index contributed by atoms with van der Waals surface area (Å²) >= 11 is 0. The van der Waals surface area contributed by atoms with E-state index in [9.17, 15) is 9.59 Å². The fraction of sp³-hybridized carbons (Fsp3) is 0.714. The zero-order valence-electron chi connectivity index (χ0n) is 7.39. The molecule has 0 radical (unpaired) electrons. The van der Waals surface area contributed by atoms with E-state index < -0.39 is 5.97 Å². The van der Waals surface area contributed by atoms with Crippen LogP contribution in [-0.2, 0) is 14.3 Å². The first-order chi connectivity index (χ1) is 6.20. The highest BCUT2D eigenvalue weighted by atomic mass is 16.5. The van der Waals surface area contributed by atoms with E-state index in [0.29, 0.717) is 0 Å². The van der Waals surface area contributed by atoms with E-state index in [4.69, 9.17) is 5.53 Å². The highest BCUT2D eigenvalue weighted by molar-refractivity contribution is 5.95. The number of azide groups is 1. The monoisotopic (exact) mass is 185 g/mol. The van der Waals surface area contributed by atoms with Crippen LogP contribution in [0.1, 0.15) is 19.8 Å². The molecule has 6 nitrogen and oxygen atoms in total. The molecule has 0 saturated carbocycles. The maximum Gasteiger partial charge on any atom is 0.313 e. The molecule has 0 aliphatic rings. The summed E-state index contributed by atoms with van der Waals surface area (Å²) in [6.07, 6.45) is -0.155. The van der Waals surface area contributed by atoms with Gasteiger partial charge in [-0.15, -0.1) is 0 Å². The van der Waals surface area contributed by atoms with Crippen molar-refractivity contribution in [3.63, 3.8) is 0 Å². The summed E-state index contributed by atoms with van der Waals surface area (Å²) in [6, 6.07) is 0. The van der Waals surface area contributed by atoms with Gasteiger partial charge in [-0.3, -0.25) is 9.59 Å². The highest BCUT2D eigenvalue weighted by Crippen LogP contribution is 1.93. The van der Waals surface area contributed by atoms with E-state index in [1.54, 1.807) is 6.92 Å². The van der Waals surface area contributed by atoms with Crippen LogP contribution in [0.25, 0.3) is 10.4 Å². The number of hydrogen-bond donors (Lipinski definition) is 0. The third-order valence-electron chi connectivity index (χ3n) is 1.20. The van der Waals surface area contributed by atoms with Gasteiger partial charge in [0.25, 0.3) is 0 Å². The van der Waals surface area contributed by atoms with E-state index in [2.05, 4.69) is 14.8 Å². The Morgan fingerprint density at radius 1 is 1.54 bits per heavy atom. The molecule has 0 heterocycles. The number of ketones is 1. The Balaban J connectivity index is 3.61. The number of carbonyl (C=O) groups is 2. The molecule has 0 bridgehead atoms. The molecule has 6 heteroatoms. The normalized spacial score (nSPS) is 8.69. The molecule has 0 spiro atoms. The van der Waals surface area contributed by atoms with E-state index >= 15 is 0 Å². The first-order valence-electron chi connectivity index (χ1n) is 3.89. The number of nitrogens with zero attached hydrogens (tertiary/aromatic N) is 3. The summed E-state index contributed by atoms with van der Waals surface area (Å²) in [7, 11) is 0. The number of carbonyl (C=O) groups excluding carboxylic acids is 2. The Kier molecular flexibility index (Phi) is 6.27. The Morgan fingerprint density at radius 2 is 2.23 bits per heavy atom. The third kappa shape index (κ3) is 6.83. The number of Topliss-reactive ketones (excluding diaryl/α,β-unsaturated/α-hetero) is 1. The molecule has 13 heavy (non-hydrogen) atoms. The largest absolute Gasteiger partial charge is 0.466 e. The second-order valence-corrected chi connectivity index (χ2v) is 2.22. The fourth-order valence-corrected chi connectivity index (χ4v) is 0.681. The molecule has 0 fully saturated rings. The van der Waals surface area contributed by atoms with Crippen molar-refractivity contribution in [2.24, 2.45) is 5.11 Å². The summed E-state index contributed by atoms with van der Waals surface area (Å²) in [5.41, 5.74) is 7.90. The van der Waals surface area contributed by atoms with Gasteiger partial charge in [0.1, 0.15) is 12.2 Å². The molecule has 0 rings (SSSR count). The zero-order chi connectivity index (χ0) is 10.1.